The van der Waals surface area contributed by atoms with Crippen LogP contribution in [0.15, 0.2) is 30.3 Å². The van der Waals surface area contributed by atoms with Gasteiger partial charge >= 0.3 is 0 Å². The molecule has 0 aliphatic heterocycles. The first-order valence-corrected chi connectivity index (χ1v) is 5.29. The lowest BCUT2D eigenvalue weighted by Crippen LogP contribution is -2.30. The van der Waals surface area contributed by atoms with Crippen molar-refractivity contribution in [2.75, 3.05) is 0 Å². The fraction of sp³-hybridized carbons (Fsp3) is 0.500. The number of rotatable bonds is 3. The van der Waals surface area contributed by atoms with E-state index in [2.05, 4.69) is 0 Å². The second-order valence-electron chi connectivity index (χ2n) is 3.97. The molecule has 15 heavy (non-hydrogen) atoms. The number of hydrogen-bond donors (Lipinski definition) is 2. The van der Waals surface area contributed by atoms with Crippen molar-refractivity contribution in [3.8, 4) is 0 Å². The Morgan fingerprint density at radius 3 is 2.47 bits per heavy atom. The maximum Gasteiger partial charge on any atom is 0.106 e. The smallest absolute Gasteiger partial charge is 0.106 e. The summed E-state index contributed by atoms with van der Waals surface area (Å²) >= 11 is 0. The fourth-order valence-corrected chi connectivity index (χ4v) is 1.88. The Morgan fingerprint density at radius 1 is 1.13 bits per heavy atom. The molecule has 0 amide bonds. The van der Waals surface area contributed by atoms with Crippen LogP contribution in [0.5, 0.6) is 0 Å². The lowest BCUT2D eigenvalue weighted by molar-refractivity contribution is -0.0602. The maximum atomic E-state index is 9.56. The molecule has 2 N–H and O–H groups in total. The molecule has 1 saturated carbocycles. The van der Waals surface area contributed by atoms with Crippen molar-refractivity contribution in [3.63, 3.8) is 0 Å². The van der Waals surface area contributed by atoms with Gasteiger partial charge in [-0.15, -0.1) is 0 Å². The largest absolute Gasteiger partial charge is 0.390 e. The summed E-state index contributed by atoms with van der Waals surface area (Å²) in [5.41, 5.74) is 1.09. The Bertz CT molecular complexity index is 299. The zero-order valence-corrected chi connectivity index (χ0v) is 8.54. The van der Waals surface area contributed by atoms with Crippen molar-refractivity contribution in [2.24, 2.45) is 0 Å². The second kappa shape index (κ2) is 4.75. The predicted molar refractivity (Wildman–Crippen MR) is 56.3 cm³/mol. The van der Waals surface area contributed by atoms with E-state index in [1.807, 2.05) is 30.3 Å². The maximum absolute atomic E-state index is 9.56. The molecule has 1 aliphatic rings. The molecule has 3 nitrogen and oxygen atoms in total. The molecule has 2 rings (SSSR count). The third-order valence-electron chi connectivity index (χ3n) is 2.83. The molecular weight excluding hydrogens is 192 g/mol. The Balaban J connectivity index is 1.84. The van der Waals surface area contributed by atoms with Gasteiger partial charge in [0.25, 0.3) is 0 Å². The van der Waals surface area contributed by atoms with E-state index in [4.69, 9.17) is 4.74 Å². The van der Waals surface area contributed by atoms with Gasteiger partial charge in [0.05, 0.1) is 18.8 Å². The SMILES string of the molecule is OC1CCC(OCc2ccccc2)C1O. The predicted octanol–water partition coefficient (Wildman–Crippen LogP) is 1.09. The molecule has 0 radical (unpaired) electrons. The van der Waals surface area contributed by atoms with Crippen LogP contribution in [0, 0.1) is 0 Å². The summed E-state index contributed by atoms with van der Waals surface area (Å²) in [6.45, 7) is 0.495. The van der Waals surface area contributed by atoms with Crippen LogP contribution in [0.25, 0.3) is 0 Å². The van der Waals surface area contributed by atoms with Crippen LogP contribution in [0.2, 0.25) is 0 Å². The molecule has 3 heteroatoms. The fourth-order valence-electron chi connectivity index (χ4n) is 1.88. The summed E-state index contributed by atoms with van der Waals surface area (Å²) in [4.78, 5) is 0. The highest BCUT2D eigenvalue weighted by Crippen LogP contribution is 2.23. The number of hydrogen-bond acceptors (Lipinski definition) is 3. The molecule has 3 atom stereocenters. The van der Waals surface area contributed by atoms with Crippen molar-refractivity contribution in [1.29, 1.82) is 0 Å². The van der Waals surface area contributed by atoms with E-state index in [1.165, 1.54) is 0 Å². The minimum atomic E-state index is -0.728. The van der Waals surface area contributed by atoms with Crippen molar-refractivity contribution in [2.45, 2.75) is 37.8 Å². The van der Waals surface area contributed by atoms with E-state index in [1.54, 1.807) is 0 Å². The van der Waals surface area contributed by atoms with E-state index >= 15 is 0 Å². The van der Waals surface area contributed by atoms with Crippen molar-refractivity contribution >= 4 is 0 Å². The average Bonchev–Trinajstić information content (AvgIpc) is 2.59. The van der Waals surface area contributed by atoms with Gasteiger partial charge in [0.2, 0.25) is 0 Å². The summed E-state index contributed by atoms with van der Waals surface area (Å²) < 4.78 is 5.56. The van der Waals surface area contributed by atoms with Crippen LogP contribution < -0.4 is 0 Å². The van der Waals surface area contributed by atoms with Gasteiger partial charge < -0.3 is 14.9 Å². The third kappa shape index (κ3) is 2.56. The molecule has 1 aromatic rings. The molecule has 0 bridgehead atoms. The molecule has 0 saturated heterocycles. The molecule has 3 unspecified atom stereocenters. The van der Waals surface area contributed by atoms with Gasteiger partial charge in [0.15, 0.2) is 0 Å². The standard InChI is InChI=1S/C12H16O3/c13-10-6-7-11(12(10)14)15-8-9-4-2-1-3-5-9/h1-5,10-14H,6-8H2. The van der Waals surface area contributed by atoms with Crippen LogP contribution in [0.1, 0.15) is 18.4 Å². The minimum Gasteiger partial charge on any atom is -0.390 e. The van der Waals surface area contributed by atoms with Gasteiger partial charge in [-0.05, 0) is 18.4 Å². The van der Waals surface area contributed by atoms with Gasteiger partial charge in [-0.25, -0.2) is 0 Å². The van der Waals surface area contributed by atoms with E-state index < -0.39 is 12.2 Å². The number of ether oxygens (including phenoxy) is 1. The molecule has 82 valence electrons. The molecule has 1 aromatic carbocycles. The first kappa shape index (κ1) is 10.6. The van der Waals surface area contributed by atoms with Gasteiger partial charge in [0, 0.05) is 0 Å². The van der Waals surface area contributed by atoms with Crippen LogP contribution in [-0.2, 0) is 11.3 Å². The van der Waals surface area contributed by atoms with Crippen LogP contribution in [-0.4, -0.2) is 28.5 Å². The molecule has 0 heterocycles. The lowest BCUT2D eigenvalue weighted by Gasteiger charge is -2.17. The Kier molecular flexibility index (Phi) is 3.36. The Hall–Kier alpha value is -0.900. The molecule has 1 aliphatic carbocycles. The normalized spacial score (nSPS) is 30.7. The van der Waals surface area contributed by atoms with E-state index in [0.717, 1.165) is 12.0 Å². The Morgan fingerprint density at radius 2 is 1.87 bits per heavy atom. The summed E-state index contributed by atoms with van der Waals surface area (Å²) in [5, 5.41) is 18.9. The van der Waals surface area contributed by atoms with Gasteiger partial charge in [-0.1, -0.05) is 30.3 Å². The third-order valence-corrected chi connectivity index (χ3v) is 2.83. The van der Waals surface area contributed by atoms with Gasteiger partial charge in [-0.2, -0.15) is 0 Å². The minimum absolute atomic E-state index is 0.222. The first-order chi connectivity index (χ1) is 7.27. The summed E-state index contributed by atoms with van der Waals surface area (Å²) in [6, 6.07) is 9.84. The first-order valence-electron chi connectivity index (χ1n) is 5.29. The summed E-state index contributed by atoms with van der Waals surface area (Å²) in [7, 11) is 0. The molecule has 0 aromatic heterocycles. The lowest BCUT2D eigenvalue weighted by atomic mass is 10.2. The van der Waals surface area contributed by atoms with Crippen molar-refractivity contribution < 1.29 is 14.9 Å². The van der Waals surface area contributed by atoms with Gasteiger partial charge in [0.1, 0.15) is 6.10 Å². The summed E-state index contributed by atoms with van der Waals surface area (Å²) in [5.74, 6) is 0. The number of benzene rings is 1. The Labute approximate surface area is 89.3 Å². The van der Waals surface area contributed by atoms with Crippen LogP contribution in [0.3, 0.4) is 0 Å². The van der Waals surface area contributed by atoms with E-state index in [0.29, 0.717) is 13.0 Å². The second-order valence-corrected chi connectivity index (χ2v) is 3.97. The number of aliphatic hydroxyl groups excluding tert-OH is 2. The van der Waals surface area contributed by atoms with E-state index in [9.17, 15) is 10.2 Å². The monoisotopic (exact) mass is 208 g/mol. The summed E-state index contributed by atoms with van der Waals surface area (Å²) in [6.07, 6.45) is -0.213. The number of aliphatic hydroxyl groups is 2. The topological polar surface area (TPSA) is 49.7 Å². The van der Waals surface area contributed by atoms with Crippen LogP contribution in [0.4, 0.5) is 0 Å². The quantitative estimate of drug-likeness (QED) is 0.781. The van der Waals surface area contributed by atoms with Crippen molar-refractivity contribution in [1.82, 2.24) is 0 Å². The zero-order valence-electron chi connectivity index (χ0n) is 8.54. The molecular formula is C12H16O3. The molecule has 1 fully saturated rings. The van der Waals surface area contributed by atoms with Crippen LogP contribution >= 0.6 is 0 Å². The van der Waals surface area contributed by atoms with Crippen molar-refractivity contribution in [3.05, 3.63) is 35.9 Å². The molecule has 0 spiro atoms. The zero-order chi connectivity index (χ0) is 10.7. The van der Waals surface area contributed by atoms with Gasteiger partial charge in [-0.3, -0.25) is 0 Å². The van der Waals surface area contributed by atoms with E-state index in [-0.39, 0.29) is 6.10 Å². The highest BCUT2D eigenvalue weighted by Gasteiger charge is 2.33. The average molecular weight is 208 g/mol. The highest BCUT2D eigenvalue weighted by molar-refractivity contribution is 5.13. The highest BCUT2D eigenvalue weighted by atomic mass is 16.5.